The zero-order valence-electron chi connectivity index (χ0n) is 17.8. The third-order valence-corrected chi connectivity index (χ3v) is 6.08. The number of aromatic nitrogens is 4. The van der Waals surface area contributed by atoms with Crippen molar-refractivity contribution >= 4 is 23.4 Å². The van der Waals surface area contributed by atoms with Gasteiger partial charge in [0, 0.05) is 12.1 Å². The van der Waals surface area contributed by atoms with Crippen LogP contribution in [-0.4, -0.2) is 30.8 Å². The van der Waals surface area contributed by atoms with E-state index in [0.717, 1.165) is 43.0 Å². The highest BCUT2D eigenvalue weighted by Gasteiger charge is 2.47. The van der Waals surface area contributed by atoms with Crippen LogP contribution in [0.4, 0.5) is 26.2 Å². The first-order valence-corrected chi connectivity index (χ1v) is 10.6. The summed E-state index contributed by atoms with van der Waals surface area (Å²) in [5, 5.41) is 16.8. The molecule has 0 bridgehead atoms. The number of rotatable bonds is 3. The van der Waals surface area contributed by atoms with Gasteiger partial charge in [0.1, 0.15) is 18.0 Å². The van der Waals surface area contributed by atoms with E-state index < -0.39 is 17.2 Å². The Labute approximate surface area is 187 Å². The Balaban J connectivity index is 1.56. The van der Waals surface area contributed by atoms with Gasteiger partial charge < -0.3 is 15.8 Å². The van der Waals surface area contributed by atoms with Crippen LogP contribution in [0.3, 0.4) is 0 Å². The minimum absolute atomic E-state index is 0.185. The molecule has 3 aromatic heterocycles. The van der Waals surface area contributed by atoms with Gasteiger partial charge in [0.15, 0.2) is 22.9 Å². The fourth-order valence-electron chi connectivity index (χ4n) is 4.62. The van der Waals surface area contributed by atoms with Crippen molar-refractivity contribution in [2.24, 2.45) is 4.99 Å². The van der Waals surface area contributed by atoms with Crippen LogP contribution in [0.2, 0.25) is 0 Å². The molecular formula is C22H21F2N7O2. The van der Waals surface area contributed by atoms with Crippen LogP contribution < -0.4 is 16.1 Å². The Morgan fingerprint density at radius 3 is 2.70 bits per heavy atom. The number of hydrogen-bond acceptors (Lipinski definition) is 7. The molecular weight excluding hydrogens is 432 g/mol. The van der Waals surface area contributed by atoms with Crippen LogP contribution in [0.1, 0.15) is 53.7 Å². The van der Waals surface area contributed by atoms with E-state index in [1.165, 1.54) is 12.4 Å². The van der Waals surface area contributed by atoms with Crippen LogP contribution in [-0.2, 0) is 5.54 Å². The summed E-state index contributed by atoms with van der Waals surface area (Å²) in [6.07, 6.45) is 6.58. The molecule has 1 fully saturated rings. The van der Waals surface area contributed by atoms with Gasteiger partial charge in [-0.2, -0.15) is 4.73 Å². The van der Waals surface area contributed by atoms with Gasteiger partial charge in [-0.05, 0) is 31.4 Å². The number of pyridine rings is 2. The molecule has 2 aliphatic rings. The third kappa shape index (κ3) is 3.69. The van der Waals surface area contributed by atoms with Gasteiger partial charge in [0.2, 0.25) is 0 Å². The van der Waals surface area contributed by atoms with Crippen molar-refractivity contribution in [2.45, 2.75) is 44.6 Å². The predicted molar refractivity (Wildman–Crippen MR) is 113 cm³/mol. The Hall–Kier alpha value is -3.89. The highest BCUT2D eigenvalue weighted by molar-refractivity contribution is 6.00. The molecule has 0 saturated heterocycles. The van der Waals surface area contributed by atoms with Crippen LogP contribution in [0.25, 0.3) is 0 Å². The topological polar surface area (TPSA) is 117 Å². The van der Waals surface area contributed by atoms with Crippen molar-refractivity contribution in [3.8, 4) is 0 Å². The van der Waals surface area contributed by atoms with Crippen molar-refractivity contribution in [1.82, 2.24) is 25.0 Å². The van der Waals surface area contributed by atoms with Gasteiger partial charge in [-0.3, -0.25) is 4.79 Å². The van der Waals surface area contributed by atoms with Crippen molar-refractivity contribution in [3.63, 3.8) is 0 Å². The van der Waals surface area contributed by atoms with E-state index in [1.807, 2.05) is 0 Å². The number of anilines is 2. The van der Waals surface area contributed by atoms with Gasteiger partial charge in [0.25, 0.3) is 5.91 Å². The molecule has 1 spiro atoms. The second-order valence-corrected chi connectivity index (χ2v) is 8.30. The Bertz CT molecular complexity index is 1330. The Morgan fingerprint density at radius 1 is 1.15 bits per heavy atom. The summed E-state index contributed by atoms with van der Waals surface area (Å²) in [5.41, 5.74) is 1.28. The molecule has 33 heavy (non-hydrogen) atoms. The van der Waals surface area contributed by atoms with Crippen molar-refractivity contribution in [2.75, 3.05) is 5.32 Å². The zero-order chi connectivity index (χ0) is 23.2. The van der Waals surface area contributed by atoms with Crippen molar-refractivity contribution in [3.05, 3.63) is 64.7 Å². The molecule has 0 atom stereocenters. The number of halogens is 2. The Kier molecular flexibility index (Phi) is 5.03. The highest BCUT2D eigenvalue weighted by Crippen LogP contribution is 2.42. The lowest BCUT2D eigenvalue weighted by Gasteiger charge is -2.34. The maximum atomic E-state index is 13.9. The van der Waals surface area contributed by atoms with Gasteiger partial charge in [-0.15, -0.1) is 0 Å². The van der Waals surface area contributed by atoms with E-state index in [9.17, 15) is 18.8 Å². The molecule has 3 N–H and O–H groups in total. The number of carbonyl (C=O) groups excluding carboxylic acids is 1. The minimum atomic E-state index is -0.871. The van der Waals surface area contributed by atoms with Crippen LogP contribution in [0.15, 0.2) is 35.7 Å². The average Bonchev–Trinajstić information content (AvgIpc) is 3.06. The maximum Gasteiger partial charge on any atom is 0.254 e. The number of carbonyl (C=O) groups is 1. The lowest BCUT2D eigenvalue weighted by atomic mass is 9.79. The maximum absolute atomic E-state index is 13.9. The van der Waals surface area contributed by atoms with Crippen LogP contribution in [0.5, 0.6) is 0 Å². The van der Waals surface area contributed by atoms with Gasteiger partial charge >= 0.3 is 0 Å². The summed E-state index contributed by atoms with van der Waals surface area (Å²) in [4.78, 5) is 28.9. The van der Waals surface area contributed by atoms with Crippen LogP contribution >= 0.6 is 0 Å². The van der Waals surface area contributed by atoms with Gasteiger partial charge in [-0.25, -0.2) is 28.7 Å². The number of fused-ring (bicyclic) bond motifs is 2. The normalized spacial score (nSPS) is 17.2. The monoisotopic (exact) mass is 453 g/mol. The molecule has 9 nitrogen and oxygen atoms in total. The molecule has 170 valence electrons. The van der Waals surface area contributed by atoms with E-state index in [1.54, 1.807) is 13.0 Å². The summed E-state index contributed by atoms with van der Waals surface area (Å²) in [7, 11) is 0. The lowest BCUT2D eigenvalue weighted by molar-refractivity contribution is 0.0892. The SMILES string of the molecule is Cc1cc(=Nc2cc(Nc3ncc(F)cc3F)ncn2)n(O)c2c1C(=O)NC21CCCCC1. The van der Waals surface area contributed by atoms with E-state index in [-0.39, 0.29) is 28.8 Å². The molecule has 1 saturated carbocycles. The van der Waals surface area contributed by atoms with Gasteiger partial charge in [0.05, 0.1) is 23.0 Å². The number of nitrogens with zero attached hydrogens (tertiary/aromatic N) is 5. The third-order valence-electron chi connectivity index (χ3n) is 6.08. The van der Waals surface area contributed by atoms with E-state index in [2.05, 4.69) is 30.6 Å². The average molecular weight is 453 g/mol. The quantitative estimate of drug-likeness (QED) is 0.524. The van der Waals surface area contributed by atoms with E-state index >= 15 is 0 Å². The molecule has 11 heteroatoms. The second-order valence-electron chi connectivity index (χ2n) is 8.30. The summed E-state index contributed by atoms with van der Waals surface area (Å²) in [6, 6.07) is 3.75. The molecule has 1 aliphatic heterocycles. The first-order valence-electron chi connectivity index (χ1n) is 10.6. The molecule has 4 heterocycles. The number of hydrogen-bond donors (Lipinski definition) is 3. The smallest absolute Gasteiger partial charge is 0.254 e. The first kappa shape index (κ1) is 21.0. The Morgan fingerprint density at radius 2 is 1.94 bits per heavy atom. The molecule has 1 aliphatic carbocycles. The second kappa shape index (κ2) is 7.91. The molecule has 0 unspecified atom stereocenters. The lowest BCUT2D eigenvalue weighted by Crippen LogP contribution is -2.43. The predicted octanol–water partition coefficient (Wildman–Crippen LogP) is 3.38. The molecule has 0 aromatic carbocycles. The summed E-state index contributed by atoms with van der Waals surface area (Å²) >= 11 is 0. The fourth-order valence-corrected chi connectivity index (χ4v) is 4.62. The number of aryl methyl sites for hydroxylation is 1. The van der Waals surface area contributed by atoms with Crippen molar-refractivity contribution in [1.29, 1.82) is 0 Å². The minimum Gasteiger partial charge on any atom is -0.427 e. The van der Waals surface area contributed by atoms with Gasteiger partial charge in [-0.1, -0.05) is 19.3 Å². The molecule has 0 radical (unpaired) electrons. The summed E-state index contributed by atoms with van der Waals surface area (Å²) in [6.45, 7) is 1.80. The number of nitrogens with one attached hydrogen (secondary N) is 2. The molecule has 1 amide bonds. The number of amides is 1. The summed E-state index contributed by atoms with van der Waals surface area (Å²) < 4.78 is 28.0. The molecule has 5 rings (SSSR count). The van der Waals surface area contributed by atoms with Crippen molar-refractivity contribution < 1.29 is 18.8 Å². The standard InChI is InChI=1S/C22H21F2N7O2/c1-12-7-17(31(33)19-18(12)21(32)30-22(19)5-3-2-4-6-22)28-15-9-16(27-11-26-15)29-20-14(24)8-13(23)10-25-20/h7-11,33H,2-6H2,1H3,(H,30,32)(H,25,26,27,29). The highest BCUT2D eigenvalue weighted by atomic mass is 19.1. The fraction of sp³-hybridized carbons (Fsp3) is 0.318. The van der Waals surface area contributed by atoms with E-state index in [0.29, 0.717) is 22.9 Å². The largest absolute Gasteiger partial charge is 0.427 e. The van der Waals surface area contributed by atoms with Crippen LogP contribution in [0, 0.1) is 18.6 Å². The summed E-state index contributed by atoms with van der Waals surface area (Å²) in [5.74, 6) is -1.68. The zero-order valence-corrected chi connectivity index (χ0v) is 17.8. The van der Waals surface area contributed by atoms with E-state index in [4.69, 9.17) is 0 Å². The molecule has 3 aromatic rings. The first-order chi connectivity index (χ1) is 15.9.